The van der Waals surface area contributed by atoms with Gasteiger partial charge < -0.3 is 15.6 Å². The Labute approximate surface area is 140 Å². The molecule has 0 radical (unpaired) electrons. The highest BCUT2D eigenvalue weighted by Gasteiger charge is 2.22. The lowest BCUT2D eigenvalue weighted by Crippen LogP contribution is -2.42. The number of aromatic nitrogens is 2. The second-order valence-electron chi connectivity index (χ2n) is 6.97. The summed E-state index contributed by atoms with van der Waals surface area (Å²) < 4.78 is 1.87. The fraction of sp³-hybridized carbons (Fsp3) is 0.556. The highest BCUT2D eigenvalue weighted by Crippen LogP contribution is 2.30. The molecule has 1 aliphatic carbocycles. The molecule has 0 spiro atoms. The first-order valence-electron chi connectivity index (χ1n) is 8.98. The van der Waals surface area contributed by atoms with E-state index in [0.717, 1.165) is 49.8 Å². The molecule has 1 aromatic heterocycles. The number of aromatic amines is 1. The number of H-pyrrole nitrogens is 1. The summed E-state index contributed by atoms with van der Waals surface area (Å²) in [5.41, 5.74) is 2.21. The number of piperidine rings is 1. The molecular formula is C18H24N4O2. The van der Waals surface area contributed by atoms with E-state index < -0.39 is 0 Å². The van der Waals surface area contributed by atoms with E-state index in [9.17, 15) is 9.59 Å². The molecule has 1 saturated heterocycles. The summed E-state index contributed by atoms with van der Waals surface area (Å²) in [4.78, 5) is 27.7. The second-order valence-corrected chi connectivity index (χ2v) is 6.97. The smallest absolute Gasteiger partial charge is 0.326 e. The van der Waals surface area contributed by atoms with Crippen LogP contribution in [0.15, 0.2) is 23.0 Å². The van der Waals surface area contributed by atoms with Crippen LogP contribution in [0.2, 0.25) is 0 Å². The molecule has 24 heavy (non-hydrogen) atoms. The predicted octanol–water partition coefficient (Wildman–Crippen LogP) is 1.93. The van der Waals surface area contributed by atoms with E-state index in [4.69, 9.17) is 0 Å². The molecule has 1 aliphatic heterocycles. The number of imidazole rings is 1. The Bertz CT molecular complexity index is 795. The Hall–Kier alpha value is -2.08. The standard InChI is InChI=1S/C18H24N4O2/c23-17(20-13-7-9-19-10-8-13)12-5-6-16-15(11-12)21-18(24)22(16)14-3-1-2-4-14/h5-6,11,13-14,19H,1-4,7-10H2,(H,20,23)(H,21,24). The number of rotatable bonds is 3. The largest absolute Gasteiger partial charge is 0.349 e. The van der Waals surface area contributed by atoms with Crippen LogP contribution in [0.4, 0.5) is 0 Å². The van der Waals surface area contributed by atoms with Crippen molar-refractivity contribution in [1.82, 2.24) is 20.2 Å². The molecule has 1 amide bonds. The summed E-state index contributed by atoms with van der Waals surface area (Å²) in [5, 5.41) is 6.39. The summed E-state index contributed by atoms with van der Waals surface area (Å²) in [5.74, 6) is -0.0572. The lowest BCUT2D eigenvalue weighted by molar-refractivity contribution is 0.0929. The van der Waals surface area contributed by atoms with E-state index >= 15 is 0 Å². The van der Waals surface area contributed by atoms with Crippen LogP contribution in [0.5, 0.6) is 0 Å². The van der Waals surface area contributed by atoms with E-state index in [-0.39, 0.29) is 17.6 Å². The molecule has 3 N–H and O–H groups in total. The van der Waals surface area contributed by atoms with Crippen LogP contribution in [0.3, 0.4) is 0 Å². The average molecular weight is 328 g/mol. The van der Waals surface area contributed by atoms with Gasteiger partial charge in [-0.2, -0.15) is 0 Å². The summed E-state index contributed by atoms with van der Waals surface area (Å²) in [6.07, 6.45) is 6.41. The van der Waals surface area contributed by atoms with Crippen molar-refractivity contribution in [2.24, 2.45) is 0 Å². The maximum absolute atomic E-state index is 12.5. The van der Waals surface area contributed by atoms with Crippen molar-refractivity contribution in [2.45, 2.75) is 50.6 Å². The van der Waals surface area contributed by atoms with Crippen LogP contribution in [0.25, 0.3) is 11.0 Å². The molecule has 1 saturated carbocycles. The minimum atomic E-state index is -0.0622. The molecule has 2 aliphatic rings. The summed E-state index contributed by atoms with van der Waals surface area (Å²) >= 11 is 0. The Morgan fingerprint density at radius 2 is 1.88 bits per heavy atom. The van der Waals surface area contributed by atoms with Crippen LogP contribution < -0.4 is 16.3 Å². The van der Waals surface area contributed by atoms with Crippen molar-refractivity contribution in [3.63, 3.8) is 0 Å². The summed E-state index contributed by atoms with van der Waals surface area (Å²) in [7, 11) is 0. The number of carbonyl (C=O) groups is 1. The monoisotopic (exact) mass is 328 g/mol. The molecule has 0 atom stereocenters. The topological polar surface area (TPSA) is 78.9 Å². The van der Waals surface area contributed by atoms with Gasteiger partial charge in [0.15, 0.2) is 0 Å². The van der Waals surface area contributed by atoms with E-state index in [1.165, 1.54) is 12.8 Å². The highest BCUT2D eigenvalue weighted by atomic mass is 16.2. The number of nitrogens with zero attached hydrogens (tertiary/aromatic N) is 1. The number of fused-ring (bicyclic) bond motifs is 1. The third kappa shape index (κ3) is 2.86. The molecule has 2 heterocycles. The Balaban J connectivity index is 1.59. The number of hydrogen-bond acceptors (Lipinski definition) is 3. The zero-order valence-electron chi connectivity index (χ0n) is 13.8. The van der Waals surface area contributed by atoms with Crippen LogP contribution in [-0.2, 0) is 0 Å². The van der Waals surface area contributed by atoms with Gasteiger partial charge in [-0.3, -0.25) is 9.36 Å². The molecule has 0 bridgehead atoms. The first kappa shape index (κ1) is 15.4. The van der Waals surface area contributed by atoms with Gasteiger partial charge in [-0.05, 0) is 57.0 Å². The first-order valence-corrected chi connectivity index (χ1v) is 8.98. The van der Waals surface area contributed by atoms with Crippen molar-refractivity contribution in [3.05, 3.63) is 34.2 Å². The molecule has 2 fully saturated rings. The molecule has 1 aromatic carbocycles. The van der Waals surface area contributed by atoms with Gasteiger partial charge >= 0.3 is 5.69 Å². The average Bonchev–Trinajstić information content (AvgIpc) is 3.21. The molecule has 6 nitrogen and oxygen atoms in total. The number of hydrogen-bond donors (Lipinski definition) is 3. The minimum absolute atomic E-state index is 0.0572. The zero-order valence-corrected chi connectivity index (χ0v) is 13.8. The lowest BCUT2D eigenvalue weighted by atomic mass is 10.1. The lowest BCUT2D eigenvalue weighted by Gasteiger charge is -2.23. The number of carbonyl (C=O) groups excluding carboxylic acids is 1. The highest BCUT2D eigenvalue weighted by molar-refractivity contribution is 5.97. The van der Waals surface area contributed by atoms with E-state index in [0.29, 0.717) is 11.6 Å². The maximum atomic E-state index is 12.5. The van der Waals surface area contributed by atoms with E-state index in [1.807, 2.05) is 16.7 Å². The van der Waals surface area contributed by atoms with Crippen LogP contribution >= 0.6 is 0 Å². The Morgan fingerprint density at radius 3 is 2.62 bits per heavy atom. The van der Waals surface area contributed by atoms with Gasteiger partial charge in [-0.15, -0.1) is 0 Å². The third-order valence-corrected chi connectivity index (χ3v) is 5.34. The molecule has 128 valence electrons. The summed E-state index contributed by atoms with van der Waals surface area (Å²) in [6.45, 7) is 1.89. The third-order valence-electron chi connectivity index (χ3n) is 5.34. The van der Waals surface area contributed by atoms with Crippen molar-refractivity contribution >= 4 is 16.9 Å². The molecule has 6 heteroatoms. The minimum Gasteiger partial charge on any atom is -0.349 e. The molecule has 4 rings (SSSR count). The first-order chi connectivity index (χ1) is 11.7. The molecular weight excluding hydrogens is 304 g/mol. The molecule has 0 unspecified atom stereocenters. The fourth-order valence-electron chi connectivity index (χ4n) is 4.03. The van der Waals surface area contributed by atoms with Gasteiger partial charge in [0.25, 0.3) is 5.91 Å². The Morgan fingerprint density at radius 1 is 1.12 bits per heavy atom. The Kier molecular flexibility index (Phi) is 4.14. The van der Waals surface area contributed by atoms with Gasteiger partial charge in [0.1, 0.15) is 0 Å². The van der Waals surface area contributed by atoms with Crippen molar-refractivity contribution in [1.29, 1.82) is 0 Å². The van der Waals surface area contributed by atoms with Gasteiger partial charge in [-0.1, -0.05) is 12.8 Å². The second kappa shape index (κ2) is 6.43. The van der Waals surface area contributed by atoms with Crippen LogP contribution in [-0.4, -0.2) is 34.6 Å². The van der Waals surface area contributed by atoms with Crippen molar-refractivity contribution < 1.29 is 4.79 Å². The van der Waals surface area contributed by atoms with E-state index in [1.54, 1.807) is 6.07 Å². The SMILES string of the molecule is O=C(NC1CCNCC1)c1ccc2c(c1)[nH]c(=O)n2C1CCCC1. The van der Waals surface area contributed by atoms with Gasteiger partial charge in [-0.25, -0.2) is 4.79 Å². The fourth-order valence-corrected chi connectivity index (χ4v) is 4.03. The van der Waals surface area contributed by atoms with Gasteiger partial charge in [0.2, 0.25) is 0 Å². The van der Waals surface area contributed by atoms with Crippen LogP contribution in [0.1, 0.15) is 54.9 Å². The number of amides is 1. The quantitative estimate of drug-likeness (QED) is 0.805. The molecule has 2 aromatic rings. The number of nitrogens with one attached hydrogen (secondary N) is 3. The van der Waals surface area contributed by atoms with Gasteiger partial charge in [0.05, 0.1) is 11.0 Å². The van der Waals surface area contributed by atoms with Crippen molar-refractivity contribution in [2.75, 3.05) is 13.1 Å². The van der Waals surface area contributed by atoms with Crippen molar-refractivity contribution in [3.8, 4) is 0 Å². The predicted molar refractivity (Wildman–Crippen MR) is 93.4 cm³/mol. The zero-order chi connectivity index (χ0) is 16.5. The normalized spacial score (nSPS) is 19.8. The van der Waals surface area contributed by atoms with Crippen LogP contribution in [0, 0.1) is 0 Å². The van der Waals surface area contributed by atoms with Gasteiger partial charge in [0, 0.05) is 17.6 Å². The summed E-state index contributed by atoms with van der Waals surface area (Å²) in [6, 6.07) is 6.07. The van der Waals surface area contributed by atoms with E-state index in [2.05, 4.69) is 15.6 Å². The number of benzene rings is 1. The maximum Gasteiger partial charge on any atom is 0.326 e.